The highest BCUT2D eigenvalue weighted by molar-refractivity contribution is 6.31. The van der Waals surface area contributed by atoms with Crippen LogP contribution in [0, 0.1) is 5.92 Å². The number of hydrogen-bond acceptors (Lipinski definition) is 5. The van der Waals surface area contributed by atoms with E-state index in [1.165, 1.54) is 0 Å². The van der Waals surface area contributed by atoms with Gasteiger partial charge >= 0.3 is 0 Å². The van der Waals surface area contributed by atoms with Crippen LogP contribution in [0.4, 0.5) is 5.69 Å². The van der Waals surface area contributed by atoms with Crippen molar-refractivity contribution in [1.82, 2.24) is 4.98 Å². The van der Waals surface area contributed by atoms with Crippen molar-refractivity contribution in [3.05, 3.63) is 89.1 Å². The van der Waals surface area contributed by atoms with Crippen LogP contribution in [0.2, 0.25) is 5.02 Å². The van der Waals surface area contributed by atoms with Crippen molar-refractivity contribution in [3.63, 3.8) is 0 Å². The number of amides is 1. The highest BCUT2D eigenvalue weighted by Gasteiger charge is 2.24. The van der Waals surface area contributed by atoms with Crippen molar-refractivity contribution < 1.29 is 19.1 Å². The summed E-state index contributed by atoms with van der Waals surface area (Å²) in [5.74, 6) is 2.37. The molecule has 6 nitrogen and oxygen atoms in total. The van der Waals surface area contributed by atoms with E-state index in [0.717, 1.165) is 24.0 Å². The van der Waals surface area contributed by atoms with E-state index in [9.17, 15) is 9.59 Å². The van der Waals surface area contributed by atoms with Crippen molar-refractivity contribution in [2.45, 2.75) is 32.3 Å². The number of Topliss-reactive ketones (excluding diaryl/α,β-unsaturated/α-hetero) is 1. The maximum atomic E-state index is 12.2. The summed E-state index contributed by atoms with van der Waals surface area (Å²) in [5, 5.41) is 3.90. The van der Waals surface area contributed by atoms with E-state index >= 15 is 0 Å². The van der Waals surface area contributed by atoms with E-state index < -0.39 is 0 Å². The molecule has 182 valence electrons. The number of ketones is 1. The molecule has 1 fully saturated rings. The molecule has 0 spiro atoms. The molecule has 1 N–H and O–H groups in total. The van der Waals surface area contributed by atoms with Gasteiger partial charge in [0.25, 0.3) is 0 Å². The molecular formula is C29H25ClN2O4. The number of carbonyl (C=O) groups is 2. The van der Waals surface area contributed by atoms with Crippen molar-refractivity contribution in [3.8, 4) is 17.2 Å². The number of anilines is 1. The third kappa shape index (κ3) is 5.83. The molecule has 1 aromatic heterocycles. The average Bonchev–Trinajstić information content (AvgIpc) is 3.69. The Hall–Kier alpha value is -3.90. The van der Waals surface area contributed by atoms with E-state index in [-0.39, 0.29) is 5.78 Å². The van der Waals surface area contributed by atoms with Gasteiger partial charge in [-0.3, -0.25) is 14.6 Å². The zero-order valence-corrected chi connectivity index (χ0v) is 20.3. The quantitative estimate of drug-likeness (QED) is 0.231. The minimum absolute atomic E-state index is 0.216. The van der Waals surface area contributed by atoms with Crippen LogP contribution < -0.4 is 14.8 Å². The van der Waals surface area contributed by atoms with Crippen molar-refractivity contribution >= 4 is 40.4 Å². The predicted octanol–water partition coefficient (Wildman–Crippen LogP) is 6.74. The number of fused-ring (bicyclic) bond motifs is 1. The zero-order valence-electron chi connectivity index (χ0n) is 19.6. The van der Waals surface area contributed by atoms with Crippen LogP contribution in [0.15, 0.2) is 72.9 Å². The summed E-state index contributed by atoms with van der Waals surface area (Å²) in [7, 11) is 0. The standard InChI is InChI=1S/C29H25ClN2O4/c30-25-14-23(9-8-21(25)13-22(34)12-19-6-7-19)36-28-10-11-31-26-16-29(27(32-18-33)15-24(26)28)35-17-20-4-2-1-3-5-20/h1-5,8-11,14-16,18-19H,6-7,12-13,17H2,(H,32,33). The lowest BCUT2D eigenvalue weighted by Crippen LogP contribution is -2.04. The van der Waals surface area contributed by atoms with E-state index in [1.807, 2.05) is 36.4 Å². The molecule has 0 bridgehead atoms. The molecular weight excluding hydrogens is 476 g/mol. The molecule has 3 aromatic carbocycles. The van der Waals surface area contributed by atoms with Gasteiger partial charge in [0, 0.05) is 35.5 Å². The summed E-state index contributed by atoms with van der Waals surface area (Å²) in [4.78, 5) is 28.0. The van der Waals surface area contributed by atoms with Gasteiger partial charge in [0.15, 0.2) is 0 Å². The number of benzene rings is 3. The van der Waals surface area contributed by atoms with Crippen LogP contribution in [0.3, 0.4) is 0 Å². The molecule has 0 radical (unpaired) electrons. The van der Waals surface area contributed by atoms with Crippen LogP contribution >= 0.6 is 11.6 Å². The van der Waals surface area contributed by atoms with Crippen LogP contribution in [0.25, 0.3) is 10.9 Å². The highest BCUT2D eigenvalue weighted by atomic mass is 35.5. The fourth-order valence-corrected chi connectivity index (χ4v) is 4.30. The maximum absolute atomic E-state index is 12.2. The Morgan fingerprint density at radius 1 is 1.06 bits per heavy atom. The zero-order chi connectivity index (χ0) is 24.9. The first-order chi connectivity index (χ1) is 17.6. The first kappa shape index (κ1) is 23.8. The van der Waals surface area contributed by atoms with E-state index in [2.05, 4.69) is 10.3 Å². The maximum Gasteiger partial charge on any atom is 0.211 e. The Labute approximate surface area is 214 Å². The van der Waals surface area contributed by atoms with Gasteiger partial charge in [-0.1, -0.05) is 48.0 Å². The third-order valence-corrected chi connectivity index (χ3v) is 6.46. The van der Waals surface area contributed by atoms with E-state index in [4.69, 9.17) is 21.1 Å². The van der Waals surface area contributed by atoms with Gasteiger partial charge in [0.05, 0.1) is 11.2 Å². The van der Waals surface area contributed by atoms with Gasteiger partial charge in [0.1, 0.15) is 29.6 Å². The predicted molar refractivity (Wildman–Crippen MR) is 140 cm³/mol. The number of carbonyl (C=O) groups excluding carboxylic acids is 2. The lowest BCUT2D eigenvalue weighted by molar-refractivity contribution is -0.118. The second-order valence-electron chi connectivity index (χ2n) is 8.93. The molecule has 0 aliphatic heterocycles. The first-order valence-corrected chi connectivity index (χ1v) is 12.2. The number of aromatic nitrogens is 1. The van der Waals surface area contributed by atoms with Crippen LogP contribution in [-0.2, 0) is 22.6 Å². The van der Waals surface area contributed by atoms with Gasteiger partial charge < -0.3 is 14.8 Å². The van der Waals surface area contributed by atoms with Gasteiger partial charge in [0.2, 0.25) is 6.41 Å². The summed E-state index contributed by atoms with van der Waals surface area (Å²) in [6.07, 6.45) is 5.52. The molecule has 0 unspecified atom stereocenters. The number of pyridine rings is 1. The number of ether oxygens (including phenoxy) is 2. The first-order valence-electron chi connectivity index (χ1n) is 11.9. The Kier molecular flexibility index (Phi) is 7.14. The van der Waals surface area contributed by atoms with E-state index in [0.29, 0.717) is 70.6 Å². The lowest BCUT2D eigenvalue weighted by atomic mass is 10.0. The monoisotopic (exact) mass is 500 g/mol. The molecule has 5 rings (SSSR count). The second kappa shape index (κ2) is 10.8. The Bertz CT molecular complexity index is 1400. The minimum Gasteiger partial charge on any atom is -0.487 e. The molecule has 36 heavy (non-hydrogen) atoms. The summed E-state index contributed by atoms with van der Waals surface area (Å²) in [6.45, 7) is 0.351. The number of nitrogens with one attached hydrogen (secondary N) is 1. The van der Waals surface area contributed by atoms with Gasteiger partial charge in [-0.15, -0.1) is 0 Å². The smallest absolute Gasteiger partial charge is 0.211 e. The molecule has 0 atom stereocenters. The topological polar surface area (TPSA) is 77.5 Å². The van der Waals surface area contributed by atoms with Gasteiger partial charge in [-0.05, 0) is 54.2 Å². The second-order valence-corrected chi connectivity index (χ2v) is 9.34. The molecule has 1 saturated carbocycles. The molecule has 7 heteroatoms. The largest absolute Gasteiger partial charge is 0.487 e. The Morgan fingerprint density at radius 2 is 1.89 bits per heavy atom. The normalized spacial score (nSPS) is 12.8. The molecule has 1 aliphatic carbocycles. The number of hydrogen-bond donors (Lipinski definition) is 1. The number of rotatable bonds is 11. The van der Waals surface area contributed by atoms with Crippen LogP contribution in [0.5, 0.6) is 17.2 Å². The van der Waals surface area contributed by atoms with Crippen LogP contribution in [0.1, 0.15) is 30.4 Å². The van der Waals surface area contributed by atoms with E-state index in [1.54, 1.807) is 36.5 Å². The van der Waals surface area contributed by atoms with Crippen molar-refractivity contribution in [2.75, 3.05) is 5.32 Å². The fourth-order valence-electron chi connectivity index (χ4n) is 4.06. The summed E-state index contributed by atoms with van der Waals surface area (Å²) >= 11 is 6.47. The number of nitrogens with zero attached hydrogens (tertiary/aromatic N) is 1. The van der Waals surface area contributed by atoms with Crippen molar-refractivity contribution in [1.29, 1.82) is 0 Å². The van der Waals surface area contributed by atoms with Crippen molar-refractivity contribution in [2.24, 2.45) is 5.92 Å². The summed E-state index contributed by atoms with van der Waals surface area (Å²) in [6, 6.07) is 20.4. The summed E-state index contributed by atoms with van der Waals surface area (Å²) in [5.41, 5.74) is 2.97. The Balaban J connectivity index is 1.37. The molecule has 1 heterocycles. The van der Waals surface area contributed by atoms with Crippen LogP contribution in [-0.4, -0.2) is 17.2 Å². The summed E-state index contributed by atoms with van der Waals surface area (Å²) < 4.78 is 12.1. The molecule has 0 saturated heterocycles. The Morgan fingerprint density at radius 3 is 2.64 bits per heavy atom. The fraction of sp³-hybridized carbons (Fsp3) is 0.207. The SMILES string of the molecule is O=CNc1cc2c(Oc3ccc(CC(=O)CC4CC4)c(Cl)c3)ccnc2cc1OCc1ccccc1. The highest BCUT2D eigenvalue weighted by Crippen LogP contribution is 2.37. The minimum atomic E-state index is 0.216. The van der Waals surface area contributed by atoms with Gasteiger partial charge in [-0.2, -0.15) is 0 Å². The lowest BCUT2D eigenvalue weighted by Gasteiger charge is -2.15. The average molecular weight is 501 g/mol. The molecule has 1 aliphatic rings. The molecule has 4 aromatic rings. The van der Waals surface area contributed by atoms with Gasteiger partial charge in [-0.25, -0.2) is 0 Å². The number of halogens is 1. The third-order valence-electron chi connectivity index (χ3n) is 6.11. The molecule has 1 amide bonds.